The van der Waals surface area contributed by atoms with Crippen molar-refractivity contribution in [1.29, 1.82) is 0 Å². The van der Waals surface area contributed by atoms with Crippen molar-refractivity contribution < 1.29 is 23.0 Å². The summed E-state index contributed by atoms with van der Waals surface area (Å²) in [6, 6.07) is 13.5. The second kappa shape index (κ2) is 7.65. The van der Waals surface area contributed by atoms with E-state index in [4.69, 9.17) is 9.47 Å². The van der Waals surface area contributed by atoms with Crippen molar-refractivity contribution in [2.24, 2.45) is 0 Å². The number of benzene rings is 2. The molecule has 130 valence electrons. The molecule has 0 aliphatic heterocycles. The van der Waals surface area contributed by atoms with Crippen molar-refractivity contribution in [1.82, 2.24) is 4.31 Å². The Morgan fingerprint density at radius 3 is 2.33 bits per heavy atom. The number of sulfonamides is 1. The predicted molar refractivity (Wildman–Crippen MR) is 90.8 cm³/mol. The summed E-state index contributed by atoms with van der Waals surface area (Å²) in [6.07, 6.45) is -0.928. The van der Waals surface area contributed by atoms with E-state index in [0.717, 1.165) is 4.31 Å². The van der Waals surface area contributed by atoms with Gasteiger partial charge in [-0.15, -0.1) is 0 Å². The zero-order chi connectivity index (χ0) is 17.7. The van der Waals surface area contributed by atoms with Gasteiger partial charge in [0.25, 0.3) is 0 Å². The van der Waals surface area contributed by atoms with E-state index in [2.05, 4.69) is 0 Å². The molecule has 2 rings (SSSR count). The van der Waals surface area contributed by atoms with Crippen molar-refractivity contribution in [3.63, 3.8) is 0 Å². The van der Waals surface area contributed by atoms with Crippen molar-refractivity contribution in [2.45, 2.75) is 11.0 Å². The van der Waals surface area contributed by atoms with Crippen LogP contribution in [0.3, 0.4) is 0 Å². The molecule has 0 spiro atoms. The molecule has 0 bridgehead atoms. The van der Waals surface area contributed by atoms with Crippen molar-refractivity contribution in [3.05, 3.63) is 54.1 Å². The number of nitrogens with zero attached hydrogens (tertiary/aromatic N) is 1. The van der Waals surface area contributed by atoms with E-state index in [1.807, 2.05) is 6.07 Å². The zero-order valence-electron chi connectivity index (χ0n) is 13.8. The minimum absolute atomic E-state index is 0.00730. The summed E-state index contributed by atoms with van der Waals surface area (Å²) in [7, 11) is 0.430. The Morgan fingerprint density at radius 1 is 1.08 bits per heavy atom. The molecule has 0 aromatic heterocycles. The molecule has 0 saturated heterocycles. The first-order valence-corrected chi connectivity index (χ1v) is 8.75. The van der Waals surface area contributed by atoms with Crippen LogP contribution in [0.1, 0.15) is 11.7 Å². The quantitative estimate of drug-likeness (QED) is 0.826. The number of likely N-dealkylation sites (N-methyl/N-ethyl adjacent to an activating group) is 1. The molecule has 24 heavy (non-hydrogen) atoms. The van der Waals surface area contributed by atoms with E-state index in [1.54, 1.807) is 30.3 Å². The Kier molecular flexibility index (Phi) is 5.82. The number of aliphatic hydroxyl groups is 1. The smallest absolute Gasteiger partial charge is 0.246 e. The standard InChI is InChI=1S/C17H21NO5S/c1-18(12-15(19)13-7-5-4-6-8-13)24(20,21)17-11-14(22-2)9-10-16(17)23-3/h4-11,15,19H,12H2,1-3H3. The molecule has 2 aromatic rings. The highest BCUT2D eigenvalue weighted by atomic mass is 32.2. The molecular formula is C17H21NO5S. The highest BCUT2D eigenvalue weighted by Gasteiger charge is 2.27. The Labute approximate surface area is 142 Å². The summed E-state index contributed by atoms with van der Waals surface area (Å²) in [5, 5.41) is 10.3. The van der Waals surface area contributed by atoms with E-state index in [0.29, 0.717) is 11.3 Å². The summed E-state index contributed by atoms with van der Waals surface area (Å²) in [6.45, 7) is -0.0767. The van der Waals surface area contributed by atoms with Gasteiger partial charge in [-0.05, 0) is 17.7 Å². The Balaban J connectivity index is 2.29. The molecule has 1 unspecified atom stereocenters. The molecule has 0 saturated carbocycles. The van der Waals surface area contributed by atoms with E-state index in [-0.39, 0.29) is 17.2 Å². The van der Waals surface area contributed by atoms with Crippen molar-refractivity contribution in [3.8, 4) is 11.5 Å². The first kappa shape index (κ1) is 18.3. The largest absolute Gasteiger partial charge is 0.497 e. The average molecular weight is 351 g/mol. The highest BCUT2D eigenvalue weighted by molar-refractivity contribution is 7.89. The summed E-state index contributed by atoms with van der Waals surface area (Å²) in [5.41, 5.74) is 0.650. The first-order valence-electron chi connectivity index (χ1n) is 7.31. The minimum atomic E-state index is -3.85. The summed E-state index contributed by atoms with van der Waals surface area (Å²) < 4.78 is 37.0. The number of ether oxygens (including phenoxy) is 2. The fourth-order valence-electron chi connectivity index (χ4n) is 2.28. The fourth-order valence-corrected chi connectivity index (χ4v) is 3.62. The summed E-state index contributed by atoms with van der Waals surface area (Å²) >= 11 is 0. The molecule has 1 atom stereocenters. The molecule has 0 amide bonds. The maximum Gasteiger partial charge on any atom is 0.246 e. The number of hydrogen-bond donors (Lipinski definition) is 1. The number of hydrogen-bond acceptors (Lipinski definition) is 5. The van der Waals surface area contributed by atoms with Crippen LogP contribution < -0.4 is 9.47 Å². The molecule has 0 fully saturated rings. The monoisotopic (exact) mass is 351 g/mol. The lowest BCUT2D eigenvalue weighted by Crippen LogP contribution is -2.31. The van der Waals surface area contributed by atoms with Gasteiger partial charge in [-0.25, -0.2) is 8.42 Å². The zero-order valence-corrected chi connectivity index (χ0v) is 14.7. The lowest BCUT2D eigenvalue weighted by molar-refractivity contribution is 0.155. The van der Waals surface area contributed by atoms with E-state index < -0.39 is 16.1 Å². The van der Waals surface area contributed by atoms with Gasteiger partial charge in [0, 0.05) is 19.7 Å². The van der Waals surface area contributed by atoms with Crippen LogP contribution in [-0.4, -0.2) is 45.6 Å². The van der Waals surface area contributed by atoms with Crippen molar-refractivity contribution in [2.75, 3.05) is 27.8 Å². The molecule has 0 radical (unpaired) electrons. The lowest BCUT2D eigenvalue weighted by atomic mass is 10.1. The van der Waals surface area contributed by atoms with Gasteiger partial charge in [-0.2, -0.15) is 4.31 Å². The van der Waals surface area contributed by atoms with Gasteiger partial charge < -0.3 is 14.6 Å². The second-order valence-electron chi connectivity index (χ2n) is 5.23. The number of aliphatic hydroxyl groups excluding tert-OH is 1. The van der Waals surface area contributed by atoms with Crippen LogP contribution in [0.4, 0.5) is 0 Å². The topological polar surface area (TPSA) is 76.1 Å². The number of methoxy groups -OCH3 is 2. The van der Waals surface area contributed by atoms with Crippen LogP contribution in [0.2, 0.25) is 0 Å². The third-order valence-corrected chi connectivity index (χ3v) is 5.52. The molecule has 2 aromatic carbocycles. The van der Waals surface area contributed by atoms with Gasteiger partial charge in [-0.3, -0.25) is 0 Å². The summed E-state index contributed by atoms with van der Waals surface area (Å²) in [4.78, 5) is -0.00730. The summed E-state index contributed by atoms with van der Waals surface area (Å²) in [5.74, 6) is 0.628. The van der Waals surface area contributed by atoms with Crippen LogP contribution in [0.15, 0.2) is 53.4 Å². The Bertz CT molecular complexity index is 777. The van der Waals surface area contributed by atoms with Gasteiger partial charge in [0.2, 0.25) is 10.0 Å². The Morgan fingerprint density at radius 2 is 1.75 bits per heavy atom. The molecule has 0 heterocycles. The fraction of sp³-hybridized carbons (Fsp3) is 0.294. The first-order chi connectivity index (χ1) is 11.4. The van der Waals surface area contributed by atoms with Crippen LogP contribution >= 0.6 is 0 Å². The predicted octanol–water partition coefficient (Wildman–Crippen LogP) is 2.06. The minimum Gasteiger partial charge on any atom is -0.497 e. The van der Waals surface area contributed by atoms with E-state index >= 15 is 0 Å². The maximum atomic E-state index is 12.8. The Hall–Kier alpha value is -2.09. The molecule has 1 N–H and O–H groups in total. The molecule has 7 heteroatoms. The van der Waals surface area contributed by atoms with Crippen molar-refractivity contribution >= 4 is 10.0 Å². The maximum absolute atomic E-state index is 12.8. The highest BCUT2D eigenvalue weighted by Crippen LogP contribution is 2.30. The number of rotatable bonds is 7. The second-order valence-corrected chi connectivity index (χ2v) is 7.24. The van der Waals surface area contributed by atoms with Gasteiger partial charge in [0.1, 0.15) is 16.4 Å². The van der Waals surface area contributed by atoms with Gasteiger partial charge in [0.05, 0.1) is 20.3 Å². The third kappa shape index (κ3) is 3.87. The van der Waals surface area contributed by atoms with Crippen LogP contribution in [-0.2, 0) is 10.0 Å². The van der Waals surface area contributed by atoms with E-state index in [1.165, 1.54) is 33.4 Å². The molecule has 0 aliphatic carbocycles. The van der Waals surface area contributed by atoms with E-state index in [9.17, 15) is 13.5 Å². The van der Waals surface area contributed by atoms with Gasteiger partial charge in [-0.1, -0.05) is 30.3 Å². The van der Waals surface area contributed by atoms with Crippen LogP contribution in [0.25, 0.3) is 0 Å². The lowest BCUT2D eigenvalue weighted by Gasteiger charge is -2.22. The van der Waals surface area contributed by atoms with Crippen LogP contribution in [0, 0.1) is 0 Å². The molecule has 0 aliphatic rings. The van der Waals surface area contributed by atoms with Gasteiger partial charge in [0.15, 0.2) is 0 Å². The SMILES string of the molecule is COc1ccc(OC)c(S(=O)(=O)N(C)CC(O)c2ccccc2)c1. The molecular weight excluding hydrogens is 330 g/mol. The van der Waals surface area contributed by atoms with Crippen LogP contribution in [0.5, 0.6) is 11.5 Å². The normalized spacial score (nSPS) is 12.9. The average Bonchev–Trinajstić information content (AvgIpc) is 2.61. The molecule has 6 nitrogen and oxygen atoms in total. The van der Waals surface area contributed by atoms with Gasteiger partial charge >= 0.3 is 0 Å². The third-order valence-electron chi connectivity index (χ3n) is 3.67.